The molecule has 0 atom stereocenters. The highest BCUT2D eigenvalue weighted by Crippen LogP contribution is 2.19. The smallest absolute Gasteiger partial charge is 0.336 e. The van der Waals surface area contributed by atoms with Crippen molar-refractivity contribution in [2.24, 2.45) is 0 Å². The molecule has 3 rings (SSSR count). The van der Waals surface area contributed by atoms with Gasteiger partial charge in [0.2, 0.25) is 5.91 Å². The van der Waals surface area contributed by atoms with Crippen molar-refractivity contribution in [1.82, 2.24) is 14.5 Å². The largest absolute Gasteiger partial charge is 0.355 e. The van der Waals surface area contributed by atoms with Gasteiger partial charge in [-0.1, -0.05) is 25.5 Å². The minimum atomic E-state index is -0.495. The molecule has 0 radical (unpaired) electrons. The molecule has 7 heteroatoms. The molecule has 0 spiro atoms. The van der Waals surface area contributed by atoms with Gasteiger partial charge in [-0.3, -0.25) is 14.2 Å². The van der Waals surface area contributed by atoms with Crippen molar-refractivity contribution in [2.45, 2.75) is 40.2 Å². The Balaban J connectivity index is 2.16. The summed E-state index contributed by atoms with van der Waals surface area (Å²) in [5.74, 6) is -0.232. The first-order valence-electron chi connectivity index (χ1n) is 9.02. The van der Waals surface area contributed by atoms with E-state index in [4.69, 9.17) is 0 Å². The third kappa shape index (κ3) is 3.60. The van der Waals surface area contributed by atoms with Crippen LogP contribution in [0, 0.1) is 13.8 Å². The van der Waals surface area contributed by atoms with Gasteiger partial charge in [0.15, 0.2) is 0 Å². The molecule has 0 bridgehead atoms. The molecule has 1 aromatic carbocycles. The van der Waals surface area contributed by atoms with Gasteiger partial charge in [0.25, 0.3) is 5.56 Å². The van der Waals surface area contributed by atoms with E-state index in [1.807, 2.05) is 32.9 Å². The zero-order valence-corrected chi connectivity index (χ0v) is 16.6. The number of hydrogen-bond acceptors (Lipinski definition) is 4. The summed E-state index contributed by atoms with van der Waals surface area (Å²) in [5, 5.41) is 4.60. The molecule has 0 aliphatic carbocycles. The molecule has 1 N–H and O–H groups in total. The SMILES string of the molecule is CCCCNC(=O)Cn1c(=O)n(-c2cccc(C)c2C)c(=O)c2sccc21. The summed E-state index contributed by atoms with van der Waals surface area (Å²) in [7, 11) is 0. The third-order valence-corrected chi connectivity index (χ3v) is 5.62. The van der Waals surface area contributed by atoms with Crippen LogP contribution in [0.5, 0.6) is 0 Å². The monoisotopic (exact) mass is 385 g/mol. The van der Waals surface area contributed by atoms with E-state index in [-0.39, 0.29) is 18.0 Å². The number of aromatic nitrogens is 2. The van der Waals surface area contributed by atoms with Crippen molar-refractivity contribution in [1.29, 1.82) is 0 Å². The Hall–Kier alpha value is -2.67. The highest BCUT2D eigenvalue weighted by atomic mass is 32.1. The van der Waals surface area contributed by atoms with E-state index in [1.54, 1.807) is 17.5 Å². The Labute approximate surface area is 161 Å². The fraction of sp³-hybridized carbons (Fsp3) is 0.350. The van der Waals surface area contributed by atoms with Crippen molar-refractivity contribution in [3.05, 3.63) is 61.6 Å². The molecular weight excluding hydrogens is 362 g/mol. The summed E-state index contributed by atoms with van der Waals surface area (Å²) >= 11 is 1.28. The van der Waals surface area contributed by atoms with Gasteiger partial charge in [-0.05, 0) is 48.9 Å². The minimum Gasteiger partial charge on any atom is -0.355 e. The quantitative estimate of drug-likeness (QED) is 0.663. The molecular formula is C20H23N3O3S. The van der Waals surface area contributed by atoms with Crippen LogP contribution in [0.25, 0.3) is 15.9 Å². The van der Waals surface area contributed by atoms with E-state index in [1.165, 1.54) is 20.5 Å². The molecule has 0 saturated heterocycles. The first kappa shape index (κ1) is 19.1. The molecule has 0 saturated carbocycles. The summed E-state index contributed by atoms with van der Waals surface area (Å²) in [5.41, 5.74) is 2.08. The van der Waals surface area contributed by atoms with Crippen LogP contribution in [0.2, 0.25) is 0 Å². The number of rotatable bonds is 6. The Kier molecular flexibility index (Phi) is 5.60. The number of unbranched alkanes of at least 4 members (excludes halogenated alkanes) is 1. The van der Waals surface area contributed by atoms with E-state index in [0.29, 0.717) is 22.4 Å². The van der Waals surface area contributed by atoms with Gasteiger partial charge in [0, 0.05) is 6.54 Å². The molecule has 0 aliphatic heterocycles. The van der Waals surface area contributed by atoms with Crippen molar-refractivity contribution < 1.29 is 4.79 Å². The fourth-order valence-electron chi connectivity index (χ4n) is 3.03. The number of aryl methyl sites for hydroxylation is 1. The maximum Gasteiger partial charge on any atom is 0.336 e. The molecule has 142 valence electrons. The highest BCUT2D eigenvalue weighted by Gasteiger charge is 2.18. The molecule has 2 aromatic heterocycles. The lowest BCUT2D eigenvalue weighted by Crippen LogP contribution is -2.41. The van der Waals surface area contributed by atoms with E-state index < -0.39 is 5.69 Å². The Morgan fingerprint density at radius 1 is 1.19 bits per heavy atom. The Morgan fingerprint density at radius 2 is 1.96 bits per heavy atom. The molecule has 0 aliphatic rings. The Morgan fingerprint density at radius 3 is 2.70 bits per heavy atom. The van der Waals surface area contributed by atoms with Gasteiger partial charge in [0.1, 0.15) is 11.2 Å². The van der Waals surface area contributed by atoms with Crippen molar-refractivity contribution in [3.8, 4) is 5.69 Å². The standard InChI is InChI=1S/C20H23N3O3S/c1-4-5-10-21-17(24)12-22-16-9-11-27-18(16)19(25)23(20(22)26)15-8-6-7-13(2)14(15)3/h6-9,11H,4-5,10,12H2,1-3H3,(H,21,24). The number of carbonyl (C=O) groups excluding carboxylic acids is 1. The van der Waals surface area contributed by atoms with Crippen molar-refractivity contribution >= 4 is 27.5 Å². The van der Waals surface area contributed by atoms with E-state index in [9.17, 15) is 14.4 Å². The van der Waals surface area contributed by atoms with E-state index in [2.05, 4.69) is 5.32 Å². The van der Waals surface area contributed by atoms with Crippen LogP contribution < -0.4 is 16.6 Å². The molecule has 27 heavy (non-hydrogen) atoms. The maximum absolute atomic E-state index is 13.2. The highest BCUT2D eigenvalue weighted by molar-refractivity contribution is 7.17. The fourth-order valence-corrected chi connectivity index (χ4v) is 3.86. The molecule has 0 unspecified atom stereocenters. The number of hydrogen-bond donors (Lipinski definition) is 1. The second kappa shape index (κ2) is 7.92. The first-order valence-corrected chi connectivity index (χ1v) is 9.90. The average molecular weight is 385 g/mol. The number of amides is 1. The molecule has 3 aromatic rings. The Bertz CT molecular complexity index is 1110. The van der Waals surface area contributed by atoms with E-state index >= 15 is 0 Å². The van der Waals surface area contributed by atoms with Gasteiger partial charge >= 0.3 is 5.69 Å². The van der Waals surface area contributed by atoms with Gasteiger partial charge < -0.3 is 5.32 Å². The lowest BCUT2D eigenvalue weighted by molar-refractivity contribution is -0.121. The lowest BCUT2D eigenvalue weighted by atomic mass is 10.1. The van der Waals surface area contributed by atoms with Crippen LogP contribution in [0.15, 0.2) is 39.2 Å². The molecule has 0 fully saturated rings. The number of carbonyl (C=O) groups is 1. The second-order valence-electron chi connectivity index (χ2n) is 6.57. The van der Waals surface area contributed by atoms with Gasteiger partial charge in [-0.2, -0.15) is 0 Å². The van der Waals surface area contributed by atoms with Crippen LogP contribution in [0.3, 0.4) is 0 Å². The van der Waals surface area contributed by atoms with Gasteiger partial charge in [-0.15, -0.1) is 11.3 Å². The van der Waals surface area contributed by atoms with Crippen molar-refractivity contribution in [2.75, 3.05) is 6.54 Å². The number of nitrogens with one attached hydrogen (secondary N) is 1. The maximum atomic E-state index is 13.2. The van der Waals surface area contributed by atoms with Gasteiger partial charge in [0.05, 0.1) is 11.2 Å². The van der Waals surface area contributed by atoms with E-state index in [0.717, 1.165) is 24.0 Å². The number of thiophene rings is 1. The van der Waals surface area contributed by atoms with Gasteiger partial charge in [-0.25, -0.2) is 9.36 Å². The zero-order chi connectivity index (χ0) is 19.6. The summed E-state index contributed by atoms with van der Waals surface area (Å²) in [6.45, 7) is 6.34. The predicted octanol–water partition coefficient (Wildman–Crippen LogP) is 2.75. The third-order valence-electron chi connectivity index (χ3n) is 4.73. The second-order valence-corrected chi connectivity index (χ2v) is 7.48. The van der Waals surface area contributed by atoms with Crippen LogP contribution in [0.4, 0.5) is 0 Å². The first-order chi connectivity index (χ1) is 13.0. The van der Waals surface area contributed by atoms with Crippen LogP contribution in [-0.2, 0) is 11.3 Å². The summed E-state index contributed by atoms with van der Waals surface area (Å²) in [6.07, 6.45) is 1.86. The summed E-state index contributed by atoms with van der Waals surface area (Å²) in [4.78, 5) is 38.5. The van der Waals surface area contributed by atoms with Crippen LogP contribution >= 0.6 is 11.3 Å². The van der Waals surface area contributed by atoms with Crippen molar-refractivity contribution in [3.63, 3.8) is 0 Å². The lowest BCUT2D eigenvalue weighted by Gasteiger charge is -2.14. The number of nitrogens with zero attached hydrogens (tertiary/aromatic N) is 2. The molecule has 6 nitrogen and oxygen atoms in total. The average Bonchev–Trinajstić information content (AvgIpc) is 3.12. The van der Waals surface area contributed by atoms with Crippen LogP contribution in [0.1, 0.15) is 30.9 Å². The summed E-state index contributed by atoms with van der Waals surface area (Å²) < 4.78 is 3.04. The predicted molar refractivity (Wildman–Crippen MR) is 109 cm³/mol. The van der Waals surface area contributed by atoms with Crippen LogP contribution in [-0.4, -0.2) is 21.6 Å². The molecule has 2 heterocycles. The summed E-state index contributed by atoms with van der Waals surface area (Å²) in [6, 6.07) is 7.24. The number of benzene rings is 1. The zero-order valence-electron chi connectivity index (χ0n) is 15.7. The minimum absolute atomic E-state index is 0.110. The number of fused-ring (bicyclic) bond motifs is 1. The normalized spacial score (nSPS) is 11.1. The molecule has 1 amide bonds. The topological polar surface area (TPSA) is 73.1 Å².